The summed E-state index contributed by atoms with van der Waals surface area (Å²) in [5, 5.41) is 0. The van der Waals surface area contributed by atoms with Gasteiger partial charge in [-0.05, 0) is 76.4 Å². The molecule has 148 valence electrons. The van der Waals surface area contributed by atoms with Crippen LogP contribution in [0.5, 0.6) is 0 Å². The molecule has 0 aromatic heterocycles. The summed E-state index contributed by atoms with van der Waals surface area (Å²) in [6, 6.07) is 0.363. The zero-order valence-electron chi connectivity index (χ0n) is 17.1. The Hall–Kier alpha value is -0.160. The molecule has 4 atom stereocenters. The van der Waals surface area contributed by atoms with Crippen molar-refractivity contribution in [1.82, 2.24) is 0 Å². The number of unbranched alkanes of at least 4 members (excludes halogenated alkanes) is 2. The molecule has 8 N–H and O–H groups in total. The van der Waals surface area contributed by atoms with Gasteiger partial charge in [-0.3, -0.25) is 0 Å². The van der Waals surface area contributed by atoms with E-state index in [0.29, 0.717) is 12.0 Å². The van der Waals surface area contributed by atoms with E-state index in [1.165, 1.54) is 51.4 Å². The molecule has 4 nitrogen and oxygen atoms in total. The molecule has 4 heteroatoms. The van der Waals surface area contributed by atoms with Crippen molar-refractivity contribution in [2.24, 2.45) is 40.7 Å². The molecule has 24 heavy (non-hydrogen) atoms. The van der Waals surface area contributed by atoms with Gasteiger partial charge in [0.25, 0.3) is 0 Å². The van der Waals surface area contributed by atoms with Gasteiger partial charge in [-0.15, -0.1) is 0 Å². The first-order valence-corrected chi connectivity index (χ1v) is 10.2. The van der Waals surface area contributed by atoms with Crippen LogP contribution in [-0.2, 0) is 0 Å². The van der Waals surface area contributed by atoms with E-state index < -0.39 is 0 Å². The third kappa shape index (κ3) is 21.8. The van der Waals surface area contributed by atoms with Crippen molar-refractivity contribution < 1.29 is 0 Å². The van der Waals surface area contributed by atoms with E-state index in [-0.39, 0.29) is 0 Å². The summed E-state index contributed by atoms with van der Waals surface area (Å²) in [6.45, 7) is 11.4. The molecular formula is C20H48N4. The van der Waals surface area contributed by atoms with Crippen LogP contribution < -0.4 is 22.9 Å². The zero-order chi connectivity index (χ0) is 18.8. The summed E-state index contributed by atoms with van der Waals surface area (Å²) in [4.78, 5) is 0. The lowest BCUT2D eigenvalue weighted by Crippen LogP contribution is -2.15. The average molecular weight is 345 g/mol. The van der Waals surface area contributed by atoms with E-state index in [2.05, 4.69) is 27.7 Å². The standard InChI is InChI=1S/2C10H24N2/c1-9(5-3-4-8-11)6-7-10(2)12;1-9(5-3-4-6-11)7-10(2)8-12/h2*9-10H,3-8,11-12H2,1-2H3. The number of nitrogens with two attached hydrogens (primary N) is 4. The normalized spacial score (nSPS) is 16.0. The monoisotopic (exact) mass is 344 g/mol. The highest BCUT2D eigenvalue weighted by molar-refractivity contribution is 4.60. The molecule has 0 radical (unpaired) electrons. The quantitative estimate of drug-likeness (QED) is 0.361. The van der Waals surface area contributed by atoms with Crippen molar-refractivity contribution in [2.45, 2.75) is 91.5 Å². The first kappa shape index (κ1) is 26.1. The predicted molar refractivity (Wildman–Crippen MR) is 110 cm³/mol. The highest BCUT2D eigenvalue weighted by Crippen LogP contribution is 2.16. The molecule has 0 aliphatic rings. The van der Waals surface area contributed by atoms with Gasteiger partial charge in [0, 0.05) is 6.04 Å². The van der Waals surface area contributed by atoms with E-state index in [1.807, 2.05) is 0 Å². The minimum atomic E-state index is 0.363. The van der Waals surface area contributed by atoms with Crippen molar-refractivity contribution in [3.8, 4) is 0 Å². The molecule has 0 saturated heterocycles. The fraction of sp³-hybridized carbons (Fsp3) is 1.00. The lowest BCUT2D eigenvalue weighted by molar-refractivity contribution is 0.389. The maximum atomic E-state index is 5.68. The highest BCUT2D eigenvalue weighted by atomic mass is 14.6. The predicted octanol–water partition coefficient (Wildman–Crippen LogP) is 3.62. The maximum absolute atomic E-state index is 5.68. The zero-order valence-corrected chi connectivity index (χ0v) is 17.1. The molecule has 0 aliphatic carbocycles. The second-order valence-electron chi connectivity index (χ2n) is 7.91. The van der Waals surface area contributed by atoms with Crippen molar-refractivity contribution in [1.29, 1.82) is 0 Å². The molecule has 0 aliphatic heterocycles. The van der Waals surface area contributed by atoms with Crippen LogP contribution in [0.4, 0.5) is 0 Å². The Labute approximate surface area is 152 Å². The van der Waals surface area contributed by atoms with Gasteiger partial charge in [0.05, 0.1) is 0 Å². The van der Waals surface area contributed by atoms with Gasteiger partial charge in [0.1, 0.15) is 0 Å². The molecule has 0 heterocycles. The first-order valence-electron chi connectivity index (χ1n) is 10.2. The van der Waals surface area contributed by atoms with Crippen molar-refractivity contribution in [3.05, 3.63) is 0 Å². The summed E-state index contributed by atoms with van der Waals surface area (Å²) < 4.78 is 0. The molecule has 4 unspecified atom stereocenters. The van der Waals surface area contributed by atoms with E-state index in [4.69, 9.17) is 22.9 Å². The average Bonchev–Trinajstić information content (AvgIpc) is 2.54. The molecule has 0 fully saturated rings. The Morgan fingerprint density at radius 1 is 0.583 bits per heavy atom. The SMILES string of the molecule is CC(CN)CC(C)CCCCN.CC(N)CCC(C)CCCCN. The molecule has 0 bridgehead atoms. The summed E-state index contributed by atoms with van der Waals surface area (Å²) in [5.74, 6) is 2.32. The van der Waals surface area contributed by atoms with Crippen LogP contribution in [0.1, 0.15) is 85.5 Å². The van der Waals surface area contributed by atoms with Crippen LogP contribution in [0.25, 0.3) is 0 Å². The molecule has 0 rings (SSSR count). The summed E-state index contributed by atoms with van der Waals surface area (Å²) >= 11 is 0. The van der Waals surface area contributed by atoms with Gasteiger partial charge in [-0.1, -0.05) is 46.5 Å². The van der Waals surface area contributed by atoms with Gasteiger partial charge in [-0.2, -0.15) is 0 Å². The van der Waals surface area contributed by atoms with Gasteiger partial charge in [0.2, 0.25) is 0 Å². The number of hydrogen-bond acceptors (Lipinski definition) is 4. The van der Waals surface area contributed by atoms with E-state index >= 15 is 0 Å². The van der Waals surface area contributed by atoms with Gasteiger partial charge >= 0.3 is 0 Å². The second kappa shape index (κ2) is 19.2. The number of hydrogen-bond donors (Lipinski definition) is 4. The summed E-state index contributed by atoms with van der Waals surface area (Å²) in [7, 11) is 0. The van der Waals surface area contributed by atoms with E-state index in [9.17, 15) is 0 Å². The van der Waals surface area contributed by atoms with Gasteiger partial charge in [-0.25, -0.2) is 0 Å². The molecule has 0 spiro atoms. The molecule has 0 aromatic rings. The van der Waals surface area contributed by atoms with Crippen LogP contribution in [0.2, 0.25) is 0 Å². The Morgan fingerprint density at radius 2 is 1.08 bits per heavy atom. The first-order chi connectivity index (χ1) is 11.4. The Balaban J connectivity index is 0. The lowest BCUT2D eigenvalue weighted by Gasteiger charge is -2.15. The van der Waals surface area contributed by atoms with E-state index in [0.717, 1.165) is 37.9 Å². The van der Waals surface area contributed by atoms with Crippen LogP contribution in [-0.4, -0.2) is 25.7 Å². The van der Waals surface area contributed by atoms with Crippen molar-refractivity contribution >= 4 is 0 Å². The van der Waals surface area contributed by atoms with Crippen LogP contribution in [0.15, 0.2) is 0 Å². The van der Waals surface area contributed by atoms with Crippen molar-refractivity contribution in [3.63, 3.8) is 0 Å². The topological polar surface area (TPSA) is 104 Å². The van der Waals surface area contributed by atoms with Crippen molar-refractivity contribution in [2.75, 3.05) is 19.6 Å². The third-order valence-corrected chi connectivity index (χ3v) is 4.62. The summed E-state index contributed by atoms with van der Waals surface area (Å²) in [6.07, 6.45) is 11.2. The largest absolute Gasteiger partial charge is 0.330 e. The fourth-order valence-corrected chi connectivity index (χ4v) is 2.87. The molecule has 0 aromatic carbocycles. The maximum Gasteiger partial charge on any atom is 0.00105 e. The molecule has 0 amide bonds. The minimum absolute atomic E-state index is 0.363. The Kier molecular flexibility index (Phi) is 20.8. The van der Waals surface area contributed by atoms with E-state index in [1.54, 1.807) is 0 Å². The van der Waals surface area contributed by atoms with Gasteiger partial charge in [0.15, 0.2) is 0 Å². The third-order valence-electron chi connectivity index (χ3n) is 4.62. The fourth-order valence-electron chi connectivity index (χ4n) is 2.87. The Morgan fingerprint density at radius 3 is 1.50 bits per heavy atom. The number of rotatable bonds is 14. The highest BCUT2D eigenvalue weighted by Gasteiger charge is 2.06. The van der Waals surface area contributed by atoms with Gasteiger partial charge < -0.3 is 22.9 Å². The van der Waals surface area contributed by atoms with Crippen LogP contribution in [0.3, 0.4) is 0 Å². The lowest BCUT2D eigenvalue weighted by atomic mass is 9.93. The second-order valence-corrected chi connectivity index (χ2v) is 7.91. The minimum Gasteiger partial charge on any atom is -0.330 e. The van der Waals surface area contributed by atoms with Crippen LogP contribution in [0, 0.1) is 17.8 Å². The summed E-state index contributed by atoms with van der Waals surface area (Å²) in [5.41, 5.74) is 22.1. The smallest absolute Gasteiger partial charge is 0.00105 e. The Bertz CT molecular complexity index is 234. The van der Waals surface area contributed by atoms with Crippen LogP contribution >= 0.6 is 0 Å². The molecular weight excluding hydrogens is 296 g/mol. The molecule has 0 saturated carbocycles.